The van der Waals surface area contributed by atoms with Crippen molar-refractivity contribution >= 4 is 37.3 Å². The smallest absolute Gasteiger partial charge is 0.284 e. The molecule has 0 fully saturated rings. The number of halogens is 1. The highest BCUT2D eigenvalue weighted by atomic mass is 79.9. The van der Waals surface area contributed by atoms with Crippen molar-refractivity contribution < 1.29 is 8.42 Å². The first-order valence-corrected chi connectivity index (χ1v) is 8.54. The predicted molar refractivity (Wildman–Crippen MR) is 82.9 cm³/mol. The number of benzene rings is 1. The third-order valence-corrected chi connectivity index (χ3v) is 6.17. The lowest BCUT2D eigenvalue weighted by Gasteiger charge is -2.35. The van der Waals surface area contributed by atoms with Gasteiger partial charge in [0.25, 0.3) is 10.0 Å². The molecule has 112 valence electrons. The number of anilines is 2. The molecule has 9 heteroatoms. The first-order chi connectivity index (χ1) is 9.93. The highest BCUT2D eigenvalue weighted by Crippen LogP contribution is 2.36. The van der Waals surface area contributed by atoms with E-state index in [9.17, 15) is 8.42 Å². The Morgan fingerprint density at radius 1 is 1.14 bits per heavy atom. The van der Waals surface area contributed by atoms with E-state index in [0.29, 0.717) is 18.8 Å². The van der Waals surface area contributed by atoms with Gasteiger partial charge in [-0.3, -0.25) is 4.31 Å². The van der Waals surface area contributed by atoms with Crippen LogP contribution < -0.4 is 9.21 Å². The standard InChI is InChI=1S/C12H14BrN5O2S/c1-16-7-8-18(10-6-4-3-5-9(10)16)21(19,20)12-11(13)14-15-17(12)2/h3-6H,7-8H2,1-2H3. The zero-order chi connectivity index (χ0) is 15.2. The number of likely N-dealkylation sites (N-methyl/N-ethyl adjacent to an activating group) is 1. The molecule has 0 unspecified atom stereocenters. The summed E-state index contributed by atoms with van der Waals surface area (Å²) in [6.45, 7) is 1.01. The lowest BCUT2D eigenvalue weighted by molar-refractivity contribution is 0.567. The van der Waals surface area contributed by atoms with Gasteiger partial charge >= 0.3 is 0 Å². The van der Waals surface area contributed by atoms with Crippen LogP contribution in [0.25, 0.3) is 0 Å². The molecule has 0 aliphatic carbocycles. The van der Waals surface area contributed by atoms with Crippen LogP contribution in [0.4, 0.5) is 11.4 Å². The van der Waals surface area contributed by atoms with E-state index in [1.54, 1.807) is 13.1 Å². The number of hydrogen-bond acceptors (Lipinski definition) is 5. The minimum atomic E-state index is -3.72. The van der Waals surface area contributed by atoms with E-state index in [1.165, 1.54) is 8.99 Å². The Morgan fingerprint density at radius 3 is 2.43 bits per heavy atom. The number of aromatic nitrogens is 3. The molecule has 1 aliphatic heterocycles. The van der Waals surface area contributed by atoms with Crippen LogP contribution in [-0.4, -0.2) is 43.5 Å². The van der Waals surface area contributed by atoms with Gasteiger partial charge in [-0.2, -0.15) is 8.42 Å². The van der Waals surface area contributed by atoms with Gasteiger partial charge in [0.2, 0.25) is 5.03 Å². The van der Waals surface area contributed by atoms with E-state index in [2.05, 4.69) is 26.2 Å². The van der Waals surface area contributed by atoms with E-state index >= 15 is 0 Å². The van der Waals surface area contributed by atoms with E-state index in [0.717, 1.165) is 5.69 Å². The van der Waals surface area contributed by atoms with Crippen LogP contribution in [0.2, 0.25) is 0 Å². The molecule has 0 spiro atoms. The van der Waals surface area contributed by atoms with Gasteiger partial charge in [-0.1, -0.05) is 17.3 Å². The topological polar surface area (TPSA) is 71.3 Å². The van der Waals surface area contributed by atoms with Crippen molar-refractivity contribution in [1.29, 1.82) is 0 Å². The molecule has 3 rings (SSSR count). The largest absolute Gasteiger partial charge is 0.371 e. The second-order valence-electron chi connectivity index (χ2n) is 4.80. The van der Waals surface area contributed by atoms with Gasteiger partial charge in [-0.05, 0) is 28.1 Å². The van der Waals surface area contributed by atoms with E-state index in [4.69, 9.17) is 0 Å². The Hall–Kier alpha value is -1.61. The molecule has 0 atom stereocenters. The highest BCUT2D eigenvalue weighted by molar-refractivity contribution is 9.10. The number of hydrogen-bond donors (Lipinski definition) is 0. The van der Waals surface area contributed by atoms with Gasteiger partial charge in [0.05, 0.1) is 17.9 Å². The molecule has 0 bridgehead atoms. The molecule has 0 saturated heterocycles. The van der Waals surface area contributed by atoms with Crippen LogP contribution in [0.15, 0.2) is 33.9 Å². The Kier molecular flexibility index (Phi) is 3.40. The highest BCUT2D eigenvalue weighted by Gasteiger charge is 2.34. The van der Waals surface area contributed by atoms with Crippen LogP contribution in [-0.2, 0) is 17.1 Å². The summed E-state index contributed by atoms with van der Waals surface area (Å²) in [5.41, 5.74) is 1.55. The van der Waals surface area contributed by atoms with E-state index in [1.807, 2.05) is 30.1 Å². The Labute approximate surface area is 131 Å². The summed E-state index contributed by atoms with van der Waals surface area (Å²) in [6.07, 6.45) is 0. The minimum Gasteiger partial charge on any atom is -0.371 e. The number of aryl methyl sites for hydroxylation is 1. The van der Waals surface area contributed by atoms with Crippen LogP contribution in [0.5, 0.6) is 0 Å². The van der Waals surface area contributed by atoms with E-state index in [-0.39, 0.29) is 9.63 Å². The summed E-state index contributed by atoms with van der Waals surface area (Å²) in [5, 5.41) is 7.57. The third kappa shape index (κ3) is 2.20. The summed E-state index contributed by atoms with van der Waals surface area (Å²) in [7, 11) is -0.208. The molecule has 2 aromatic rings. The fourth-order valence-electron chi connectivity index (χ4n) is 2.43. The van der Waals surface area contributed by atoms with Gasteiger partial charge in [0.1, 0.15) is 0 Å². The zero-order valence-corrected chi connectivity index (χ0v) is 14.0. The molecule has 1 aromatic heterocycles. The molecule has 7 nitrogen and oxygen atoms in total. The number of nitrogens with zero attached hydrogens (tertiary/aromatic N) is 5. The van der Waals surface area contributed by atoms with Gasteiger partial charge in [0, 0.05) is 20.6 Å². The molecule has 0 radical (unpaired) electrons. The van der Waals surface area contributed by atoms with Crippen LogP contribution in [0.3, 0.4) is 0 Å². The average Bonchev–Trinajstić information content (AvgIpc) is 2.79. The molecule has 0 N–H and O–H groups in total. The molecule has 0 amide bonds. The third-order valence-electron chi connectivity index (χ3n) is 3.47. The lowest BCUT2D eigenvalue weighted by Crippen LogP contribution is -2.43. The summed E-state index contributed by atoms with van der Waals surface area (Å²) in [5.74, 6) is 0. The van der Waals surface area contributed by atoms with Crippen LogP contribution in [0.1, 0.15) is 0 Å². The van der Waals surface area contributed by atoms with Crippen molar-refractivity contribution in [2.45, 2.75) is 5.03 Å². The van der Waals surface area contributed by atoms with Crippen molar-refractivity contribution in [1.82, 2.24) is 15.0 Å². The van der Waals surface area contributed by atoms with Crippen LogP contribution in [0, 0.1) is 0 Å². The van der Waals surface area contributed by atoms with Crippen LogP contribution >= 0.6 is 15.9 Å². The SMILES string of the molecule is CN1CCN(S(=O)(=O)c2c(Br)nnn2C)c2ccccc21. The van der Waals surface area contributed by atoms with Gasteiger partial charge < -0.3 is 4.90 Å². The summed E-state index contributed by atoms with van der Waals surface area (Å²) >= 11 is 3.16. The zero-order valence-electron chi connectivity index (χ0n) is 11.6. The van der Waals surface area contributed by atoms with Gasteiger partial charge in [-0.25, -0.2) is 4.68 Å². The molecule has 0 saturated carbocycles. The number of para-hydroxylation sites is 2. The van der Waals surface area contributed by atoms with Crippen molar-refractivity contribution in [2.24, 2.45) is 7.05 Å². The maximum atomic E-state index is 12.9. The molecule has 2 heterocycles. The molecular weight excluding hydrogens is 358 g/mol. The fourth-order valence-corrected chi connectivity index (χ4v) is 4.94. The Balaban J connectivity index is 2.16. The molecule has 21 heavy (non-hydrogen) atoms. The lowest BCUT2D eigenvalue weighted by atomic mass is 10.2. The Morgan fingerprint density at radius 2 is 1.81 bits per heavy atom. The first kappa shape index (κ1) is 14.3. The summed E-state index contributed by atoms with van der Waals surface area (Å²) in [4.78, 5) is 2.04. The van der Waals surface area contributed by atoms with Crippen molar-refractivity contribution in [3.63, 3.8) is 0 Å². The average molecular weight is 372 g/mol. The predicted octanol–water partition coefficient (Wildman–Crippen LogP) is 1.22. The number of sulfonamides is 1. The monoisotopic (exact) mass is 371 g/mol. The first-order valence-electron chi connectivity index (χ1n) is 6.31. The Bertz CT molecular complexity index is 769. The molecular formula is C12H14BrN5O2S. The van der Waals surface area contributed by atoms with Gasteiger partial charge in [-0.15, -0.1) is 5.10 Å². The maximum absolute atomic E-state index is 12.9. The molecule has 1 aromatic carbocycles. The normalized spacial score (nSPS) is 15.2. The number of fused-ring (bicyclic) bond motifs is 1. The van der Waals surface area contributed by atoms with Crippen molar-refractivity contribution in [3.05, 3.63) is 28.9 Å². The second-order valence-corrected chi connectivity index (χ2v) is 7.33. The maximum Gasteiger partial charge on any atom is 0.284 e. The second kappa shape index (κ2) is 4.99. The molecule has 1 aliphatic rings. The van der Waals surface area contributed by atoms with Gasteiger partial charge in [0.15, 0.2) is 4.60 Å². The summed E-state index contributed by atoms with van der Waals surface area (Å²) in [6, 6.07) is 7.44. The quantitative estimate of drug-likeness (QED) is 0.793. The van der Waals surface area contributed by atoms with Crippen molar-refractivity contribution in [2.75, 3.05) is 29.3 Å². The van der Waals surface area contributed by atoms with Crippen molar-refractivity contribution in [3.8, 4) is 0 Å². The minimum absolute atomic E-state index is 0.0573. The summed E-state index contributed by atoms with van der Waals surface area (Å²) < 4.78 is 28.8. The number of rotatable bonds is 2. The van der Waals surface area contributed by atoms with E-state index < -0.39 is 10.0 Å². The fraction of sp³-hybridized carbons (Fsp3) is 0.333.